The van der Waals surface area contributed by atoms with Gasteiger partial charge in [-0.3, -0.25) is 9.69 Å². The number of benzene rings is 2. The van der Waals surface area contributed by atoms with Gasteiger partial charge < -0.3 is 14.1 Å². The fourth-order valence-corrected chi connectivity index (χ4v) is 3.74. The average molecular weight is 418 g/mol. The van der Waals surface area contributed by atoms with Crippen LogP contribution in [0.25, 0.3) is 17.0 Å². The van der Waals surface area contributed by atoms with Crippen molar-refractivity contribution >= 4 is 23.0 Å². The van der Waals surface area contributed by atoms with Gasteiger partial charge in [0.15, 0.2) is 11.3 Å². The number of hydrogen-bond acceptors (Lipinski definition) is 5. The highest BCUT2D eigenvalue weighted by atomic mass is 16.5. The van der Waals surface area contributed by atoms with E-state index < -0.39 is 5.63 Å². The Kier molecular flexibility index (Phi) is 6.48. The van der Waals surface area contributed by atoms with Gasteiger partial charge in [0.05, 0.1) is 6.61 Å². The number of nitrogens with zero attached hydrogens (tertiary/aromatic N) is 2. The van der Waals surface area contributed by atoms with Crippen LogP contribution in [0.3, 0.4) is 0 Å². The lowest BCUT2D eigenvalue weighted by Gasteiger charge is -2.34. The van der Waals surface area contributed by atoms with E-state index in [1.165, 1.54) is 5.56 Å². The summed E-state index contributed by atoms with van der Waals surface area (Å²) in [5.74, 6) is 0.227. The van der Waals surface area contributed by atoms with Gasteiger partial charge in [-0.05, 0) is 24.6 Å². The van der Waals surface area contributed by atoms with E-state index in [9.17, 15) is 9.59 Å². The molecule has 1 aliphatic rings. The Bertz CT molecular complexity index is 1130. The zero-order chi connectivity index (χ0) is 21.6. The molecule has 0 N–H and O–H groups in total. The molecule has 31 heavy (non-hydrogen) atoms. The lowest BCUT2D eigenvalue weighted by atomic mass is 10.1. The van der Waals surface area contributed by atoms with Crippen molar-refractivity contribution in [2.75, 3.05) is 39.3 Å². The number of hydrogen-bond donors (Lipinski definition) is 0. The molecule has 0 spiro atoms. The summed E-state index contributed by atoms with van der Waals surface area (Å²) >= 11 is 0. The lowest BCUT2D eigenvalue weighted by Crippen LogP contribution is -2.49. The monoisotopic (exact) mass is 418 g/mol. The van der Waals surface area contributed by atoms with Gasteiger partial charge in [0.2, 0.25) is 0 Å². The predicted molar refractivity (Wildman–Crippen MR) is 121 cm³/mol. The molecule has 0 atom stereocenters. The molecule has 0 aliphatic carbocycles. The van der Waals surface area contributed by atoms with Gasteiger partial charge in [-0.1, -0.05) is 54.6 Å². The molecule has 1 amide bonds. The van der Waals surface area contributed by atoms with Crippen LogP contribution in [0.4, 0.5) is 0 Å². The first kappa shape index (κ1) is 20.9. The number of rotatable bonds is 6. The van der Waals surface area contributed by atoms with Crippen molar-refractivity contribution in [1.82, 2.24) is 9.80 Å². The van der Waals surface area contributed by atoms with Crippen molar-refractivity contribution in [1.29, 1.82) is 0 Å². The number of carbonyl (C=O) groups excluding carboxylic acids is 1. The first-order valence-corrected chi connectivity index (χ1v) is 10.6. The summed E-state index contributed by atoms with van der Waals surface area (Å²) in [6.07, 6.45) is 4.25. The maximum atomic E-state index is 13.0. The van der Waals surface area contributed by atoms with Crippen LogP contribution in [0.15, 0.2) is 69.9 Å². The third kappa shape index (κ3) is 4.86. The van der Waals surface area contributed by atoms with Crippen LogP contribution in [0.1, 0.15) is 22.8 Å². The number of carbonyl (C=O) groups is 1. The van der Waals surface area contributed by atoms with Crippen LogP contribution in [-0.2, 0) is 0 Å². The normalized spacial score (nSPS) is 14.9. The number of fused-ring (bicyclic) bond motifs is 1. The zero-order valence-electron chi connectivity index (χ0n) is 17.6. The molecule has 1 fully saturated rings. The highest BCUT2D eigenvalue weighted by Gasteiger charge is 2.25. The summed E-state index contributed by atoms with van der Waals surface area (Å²) in [6.45, 7) is 5.84. The minimum Gasteiger partial charge on any atom is -0.490 e. The van der Waals surface area contributed by atoms with Gasteiger partial charge in [0, 0.05) is 38.1 Å². The van der Waals surface area contributed by atoms with Gasteiger partial charge in [0.1, 0.15) is 5.56 Å². The zero-order valence-corrected chi connectivity index (χ0v) is 17.6. The van der Waals surface area contributed by atoms with Gasteiger partial charge in [0.25, 0.3) is 5.91 Å². The smallest absolute Gasteiger partial charge is 0.349 e. The molecular weight excluding hydrogens is 392 g/mol. The third-order valence-electron chi connectivity index (χ3n) is 5.39. The Morgan fingerprint density at radius 3 is 2.58 bits per heavy atom. The summed E-state index contributed by atoms with van der Waals surface area (Å²) in [5.41, 5.74) is 0.990. The highest BCUT2D eigenvalue weighted by molar-refractivity contribution is 5.97. The average Bonchev–Trinajstić information content (AvgIpc) is 2.80. The van der Waals surface area contributed by atoms with E-state index in [-0.39, 0.29) is 11.5 Å². The first-order chi connectivity index (χ1) is 15.2. The Hall–Kier alpha value is -3.38. The molecule has 1 aromatic heterocycles. The van der Waals surface area contributed by atoms with E-state index in [0.717, 1.165) is 19.6 Å². The highest BCUT2D eigenvalue weighted by Crippen LogP contribution is 2.25. The van der Waals surface area contributed by atoms with Crippen molar-refractivity contribution in [3.05, 3.63) is 82.2 Å². The summed E-state index contributed by atoms with van der Waals surface area (Å²) < 4.78 is 11.0. The molecular formula is C25H26N2O4. The second kappa shape index (κ2) is 9.62. The summed E-state index contributed by atoms with van der Waals surface area (Å²) in [4.78, 5) is 29.5. The van der Waals surface area contributed by atoms with E-state index in [4.69, 9.17) is 9.15 Å². The van der Waals surface area contributed by atoms with E-state index in [1.54, 1.807) is 17.0 Å². The van der Waals surface area contributed by atoms with Crippen molar-refractivity contribution in [3.63, 3.8) is 0 Å². The molecule has 0 bridgehead atoms. The second-order valence-electron chi connectivity index (χ2n) is 7.46. The van der Waals surface area contributed by atoms with Crippen molar-refractivity contribution in [2.24, 2.45) is 0 Å². The van der Waals surface area contributed by atoms with Crippen LogP contribution in [0.5, 0.6) is 5.75 Å². The number of amides is 1. The molecule has 0 radical (unpaired) electrons. The van der Waals surface area contributed by atoms with Crippen LogP contribution >= 0.6 is 0 Å². The second-order valence-corrected chi connectivity index (χ2v) is 7.46. The summed E-state index contributed by atoms with van der Waals surface area (Å²) in [6, 6.07) is 17.2. The third-order valence-corrected chi connectivity index (χ3v) is 5.39. The molecule has 6 nitrogen and oxygen atoms in total. The maximum Gasteiger partial charge on any atom is 0.349 e. The Morgan fingerprint density at radius 1 is 1.06 bits per heavy atom. The molecule has 3 aromatic rings. The number of piperazine rings is 1. The molecule has 160 valence electrons. The lowest BCUT2D eigenvalue weighted by molar-refractivity contribution is 0.0646. The van der Waals surface area contributed by atoms with Crippen molar-refractivity contribution < 1.29 is 13.9 Å². The summed E-state index contributed by atoms with van der Waals surface area (Å²) in [5, 5.41) is 0.679. The minimum atomic E-state index is -0.627. The maximum absolute atomic E-state index is 13.0. The minimum absolute atomic E-state index is 0.0681. The van der Waals surface area contributed by atoms with Gasteiger partial charge in [-0.15, -0.1) is 0 Å². The predicted octanol–water partition coefficient (Wildman–Crippen LogP) is 3.66. The largest absolute Gasteiger partial charge is 0.490 e. The number of para-hydroxylation sites is 1. The van der Waals surface area contributed by atoms with Crippen molar-refractivity contribution in [3.8, 4) is 5.75 Å². The van der Waals surface area contributed by atoms with Crippen LogP contribution < -0.4 is 10.4 Å². The molecule has 6 heteroatoms. The fourth-order valence-electron chi connectivity index (χ4n) is 3.74. The van der Waals surface area contributed by atoms with Crippen molar-refractivity contribution in [2.45, 2.75) is 6.92 Å². The van der Waals surface area contributed by atoms with Crippen LogP contribution in [0.2, 0.25) is 0 Å². The Morgan fingerprint density at radius 2 is 1.84 bits per heavy atom. The first-order valence-electron chi connectivity index (χ1n) is 10.6. The van der Waals surface area contributed by atoms with E-state index in [0.29, 0.717) is 36.4 Å². The SMILES string of the molecule is CCOc1cccc2cc(C(=O)N3CCN(CC=Cc4ccccc4)CC3)c(=O)oc12. The van der Waals surface area contributed by atoms with E-state index >= 15 is 0 Å². The van der Waals surface area contributed by atoms with E-state index in [2.05, 4.69) is 29.2 Å². The Balaban J connectivity index is 1.40. The van der Waals surface area contributed by atoms with E-state index in [1.807, 2.05) is 37.3 Å². The van der Waals surface area contributed by atoms with Gasteiger partial charge in [-0.2, -0.15) is 0 Å². The van der Waals surface area contributed by atoms with Gasteiger partial charge >= 0.3 is 5.63 Å². The molecule has 0 unspecified atom stereocenters. The topological polar surface area (TPSA) is 63.0 Å². The molecule has 0 saturated carbocycles. The molecule has 1 aliphatic heterocycles. The molecule has 2 heterocycles. The molecule has 2 aromatic carbocycles. The fraction of sp³-hybridized carbons (Fsp3) is 0.280. The van der Waals surface area contributed by atoms with Gasteiger partial charge in [-0.25, -0.2) is 4.79 Å². The number of ether oxygens (including phenoxy) is 1. The molecule has 4 rings (SSSR count). The Labute approximate surface area is 181 Å². The van der Waals surface area contributed by atoms with Crippen LogP contribution in [0, 0.1) is 0 Å². The quantitative estimate of drug-likeness (QED) is 0.572. The summed E-state index contributed by atoms with van der Waals surface area (Å²) in [7, 11) is 0. The molecule has 1 saturated heterocycles. The van der Waals surface area contributed by atoms with Crippen LogP contribution in [-0.4, -0.2) is 55.0 Å². The standard InChI is InChI=1S/C25H26N2O4/c1-2-30-22-12-6-11-20-18-21(25(29)31-23(20)22)24(28)27-16-14-26(15-17-27)13-7-10-19-8-4-3-5-9-19/h3-12,18H,2,13-17H2,1H3.